The fourth-order valence-electron chi connectivity index (χ4n) is 3.78. The van der Waals surface area contributed by atoms with Crippen LogP contribution in [0.2, 0.25) is 0 Å². The predicted octanol–water partition coefficient (Wildman–Crippen LogP) is 4.10. The molecule has 0 aromatic heterocycles. The number of hydrogen-bond acceptors (Lipinski definition) is 2. The van der Waals surface area contributed by atoms with Crippen molar-refractivity contribution in [3.05, 3.63) is 29.8 Å². The van der Waals surface area contributed by atoms with Gasteiger partial charge in [-0.2, -0.15) is 0 Å². The standard InChI is InChI=1S/C18H28N2/c1-2-16-14-20(17-10-5-3-4-6-11-17)18-12-8-7-9-15(18)13-19-16/h7-9,12,16-17,19H,2-6,10-11,13-14H2,1H3. The largest absolute Gasteiger partial charge is 0.367 e. The fourth-order valence-corrected chi connectivity index (χ4v) is 3.78. The number of para-hydroxylation sites is 1. The SMILES string of the molecule is CCC1CN(C2CCCCCC2)c2ccccc2CN1. The van der Waals surface area contributed by atoms with Crippen LogP contribution in [0.15, 0.2) is 24.3 Å². The Morgan fingerprint density at radius 3 is 2.60 bits per heavy atom. The Morgan fingerprint density at radius 2 is 1.85 bits per heavy atom. The number of nitrogens with one attached hydrogen (secondary N) is 1. The number of anilines is 1. The van der Waals surface area contributed by atoms with Crippen molar-refractivity contribution in [3.8, 4) is 0 Å². The molecule has 0 spiro atoms. The summed E-state index contributed by atoms with van der Waals surface area (Å²) in [5.41, 5.74) is 2.97. The van der Waals surface area contributed by atoms with E-state index in [1.54, 1.807) is 0 Å². The second-order valence-electron chi connectivity index (χ2n) is 6.41. The van der Waals surface area contributed by atoms with Crippen molar-refractivity contribution in [2.75, 3.05) is 11.4 Å². The number of nitrogens with zero attached hydrogens (tertiary/aromatic N) is 1. The second-order valence-corrected chi connectivity index (χ2v) is 6.41. The van der Waals surface area contributed by atoms with Crippen LogP contribution in [-0.2, 0) is 6.54 Å². The van der Waals surface area contributed by atoms with Gasteiger partial charge >= 0.3 is 0 Å². The summed E-state index contributed by atoms with van der Waals surface area (Å²) in [6.07, 6.45) is 9.66. The molecule has 0 bridgehead atoms. The predicted molar refractivity (Wildman–Crippen MR) is 86.2 cm³/mol. The topological polar surface area (TPSA) is 15.3 Å². The molecule has 1 atom stereocenters. The Labute approximate surface area is 123 Å². The molecule has 1 heterocycles. The monoisotopic (exact) mass is 272 g/mol. The van der Waals surface area contributed by atoms with Crippen LogP contribution >= 0.6 is 0 Å². The van der Waals surface area contributed by atoms with E-state index in [1.807, 2.05) is 0 Å². The highest BCUT2D eigenvalue weighted by atomic mass is 15.2. The minimum atomic E-state index is 0.630. The van der Waals surface area contributed by atoms with Crippen molar-refractivity contribution in [2.24, 2.45) is 0 Å². The zero-order valence-electron chi connectivity index (χ0n) is 12.8. The van der Waals surface area contributed by atoms with Crippen LogP contribution in [-0.4, -0.2) is 18.6 Å². The second kappa shape index (κ2) is 6.62. The summed E-state index contributed by atoms with van der Waals surface area (Å²) < 4.78 is 0. The highest BCUT2D eigenvalue weighted by molar-refractivity contribution is 5.55. The van der Waals surface area contributed by atoms with E-state index in [0.717, 1.165) is 12.6 Å². The Morgan fingerprint density at radius 1 is 1.10 bits per heavy atom. The van der Waals surface area contributed by atoms with Gasteiger partial charge in [-0.15, -0.1) is 0 Å². The third-order valence-electron chi connectivity index (χ3n) is 5.06. The first-order chi connectivity index (χ1) is 9.88. The average molecular weight is 272 g/mol. The maximum Gasteiger partial charge on any atom is 0.0414 e. The lowest BCUT2D eigenvalue weighted by atomic mass is 10.0. The van der Waals surface area contributed by atoms with Gasteiger partial charge in [-0.1, -0.05) is 50.8 Å². The molecular weight excluding hydrogens is 244 g/mol. The molecule has 1 N–H and O–H groups in total. The zero-order chi connectivity index (χ0) is 13.8. The molecule has 1 aromatic rings. The van der Waals surface area contributed by atoms with Crippen molar-refractivity contribution in [1.82, 2.24) is 5.32 Å². The molecule has 1 unspecified atom stereocenters. The Hall–Kier alpha value is -1.02. The van der Waals surface area contributed by atoms with Crippen molar-refractivity contribution in [3.63, 3.8) is 0 Å². The molecule has 2 heteroatoms. The summed E-state index contributed by atoms with van der Waals surface area (Å²) in [4.78, 5) is 2.73. The van der Waals surface area contributed by atoms with Gasteiger partial charge < -0.3 is 10.2 Å². The molecule has 2 nitrogen and oxygen atoms in total. The van der Waals surface area contributed by atoms with Gasteiger partial charge in [0.05, 0.1) is 0 Å². The highest BCUT2D eigenvalue weighted by Gasteiger charge is 2.26. The van der Waals surface area contributed by atoms with Gasteiger partial charge in [0.25, 0.3) is 0 Å². The van der Waals surface area contributed by atoms with Crippen molar-refractivity contribution in [2.45, 2.75) is 70.5 Å². The van der Waals surface area contributed by atoms with Crippen LogP contribution < -0.4 is 10.2 Å². The zero-order valence-corrected chi connectivity index (χ0v) is 12.8. The molecule has 1 aromatic carbocycles. The fraction of sp³-hybridized carbons (Fsp3) is 0.667. The molecule has 20 heavy (non-hydrogen) atoms. The van der Waals surface area contributed by atoms with Gasteiger partial charge in [-0.05, 0) is 30.9 Å². The third-order valence-corrected chi connectivity index (χ3v) is 5.06. The summed E-state index contributed by atoms with van der Waals surface area (Å²) in [6.45, 7) is 4.51. The summed E-state index contributed by atoms with van der Waals surface area (Å²) in [5, 5.41) is 3.73. The van der Waals surface area contributed by atoms with Gasteiger partial charge in [0.1, 0.15) is 0 Å². The van der Waals surface area contributed by atoms with E-state index in [0.29, 0.717) is 6.04 Å². The van der Waals surface area contributed by atoms with E-state index in [1.165, 1.54) is 62.7 Å². The van der Waals surface area contributed by atoms with Gasteiger partial charge in [-0.3, -0.25) is 0 Å². The summed E-state index contributed by atoms with van der Waals surface area (Å²) in [6, 6.07) is 10.4. The van der Waals surface area contributed by atoms with E-state index in [-0.39, 0.29) is 0 Å². The van der Waals surface area contributed by atoms with Crippen LogP contribution in [0.1, 0.15) is 57.4 Å². The van der Waals surface area contributed by atoms with E-state index < -0.39 is 0 Å². The quantitative estimate of drug-likeness (QED) is 0.816. The molecule has 1 saturated carbocycles. The van der Waals surface area contributed by atoms with Gasteiger partial charge in [0, 0.05) is 30.9 Å². The first kappa shape index (κ1) is 13.9. The Balaban J connectivity index is 1.88. The van der Waals surface area contributed by atoms with Crippen molar-refractivity contribution in [1.29, 1.82) is 0 Å². The first-order valence-electron chi connectivity index (χ1n) is 8.46. The molecule has 110 valence electrons. The number of benzene rings is 1. The number of rotatable bonds is 2. The van der Waals surface area contributed by atoms with Crippen LogP contribution in [0.3, 0.4) is 0 Å². The molecule has 3 rings (SSSR count). The molecule has 1 aliphatic heterocycles. The number of hydrogen-bond donors (Lipinski definition) is 1. The highest BCUT2D eigenvalue weighted by Crippen LogP contribution is 2.31. The smallest absolute Gasteiger partial charge is 0.0414 e. The third kappa shape index (κ3) is 3.01. The van der Waals surface area contributed by atoms with Gasteiger partial charge in [-0.25, -0.2) is 0 Å². The number of fused-ring (bicyclic) bond motifs is 1. The van der Waals surface area contributed by atoms with Crippen LogP contribution in [0, 0.1) is 0 Å². The molecule has 0 radical (unpaired) electrons. The Kier molecular flexibility index (Phi) is 4.62. The average Bonchev–Trinajstić information content (AvgIpc) is 2.86. The maximum atomic E-state index is 3.73. The van der Waals surface area contributed by atoms with Crippen molar-refractivity contribution < 1.29 is 0 Å². The minimum absolute atomic E-state index is 0.630. The minimum Gasteiger partial charge on any atom is -0.367 e. The Bertz CT molecular complexity index is 421. The van der Waals surface area contributed by atoms with E-state index in [2.05, 4.69) is 41.4 Å². The molecule has 0 amide bonds. The lowest BCUT2D eigenvalue weighted by molar-refractivity contribution is 0.458. The van der Waals surface area contributed by atoms with Crippen LogP contribution in [0.5, 0.6) is 0 Å². The van der Waals surface area contributed by atoms with Crippen LogP contribution in [0.4, 0.5) is 5.69 Å². The van der Waals surface area contributed by atoms with E-state index in [4.69, 9.17) is 0 Å². The van der Waals surface area contributed by atoms with Gasteiger partial charge in [0.2, 0.25) is 0 Å². The molecule has 0 saturated heterocycles. The molecule has 2 aliphatic rings. The van der Waals surface area contributed by atoms with Crippen molar-refractivity contribution >= 4 is 5.69 Å². The van der Waals surface area contributed by atoms with E-state index in [9.17, 15) is 0 Å². The summed E-state index contributed by atoms with van der Waals surface area (Å²) in [7, 11) is 0. The van der Waals surface area contributed by atoms with Gasteiger partial charge in [0.15, 0.2) is 0 Å². The normalized spacial score (nSPS) is 24.9. The summed E-state index contributed by atoms with van der Waals surface area (Å²) >= 11 is 0. The van der Waals surface area contributed by atoms with E-state index >= 15 is 0 Å². The lowest BCUT2D eigenvalue weighted by Crippen LogP contribution is -2.43. The van der Waals surface area contributed by atoms with Crippen LogP contribution in [0.25, 0.3) is 0 Å². The summed E-state index contributed by atoms with van der Waals surface area (Å²) in [5.74, 6) is 0. The molecular formula is C18H28N2. The lowest BCUT2D eigenvalue weighted by Gasteiger charge is -2.35. The molecule has 1 fully saturated rings. The molecule has 1 aliphatic carbocycles. The maximum absolute atomic E-state index is 3.73. The first-order valence-corrected chi connectivity index (χ1v) is 8.46.